The number of aromatic nitrogens is 1. The summed E-state index contributed by atoms with van der Waals surface area (Å²) in [6.07, 6.45) is 6.32. The molecule has 7 rings (SSSR count). The van der Waals surface area contributed by atoms with E-state index in [0.717, 1.165) is 18.2 Å². The van der Waals surface area contributed by atoms with Gasteiger partial charge in [-0.3, -0.25) is 19.1 Å². The van der Waals surface area contributed by atoms with Gasteiger partial charge < -0.3 is 25.0 Å². The summed E-state index contributed by atoms with van der Waals surface area (Å²) in [4.78, 5) is 61.6. The van der Waals surface area contributed by atoms with Gasteiger partial charge in [-0.1, -0.05) is 49.3 Å². The molecule has 2 aromatic carbocycles. The predicted octanol–water partition coefficient (Wildman–Crippen LogP) is 4.77. The Labute approximate surface area is 313 Å². The maximum Gasteiger partial charge on any atom is 0.408 e. The molecule has 0 spiro atoms. The minimum Gasteiger partial charge on any atom is -0.472 e. The number of carbonyl (C=O) groups excluding carboxylic acids is 4. The number of hydrogen-bond donors (Lipinski definition) is 3. The van der Waals surface area contributed by atoms with Crippen LogP contribution in [0.25, 0.3) is 21.7 Å². The highest BCUT2D eigenvalue weighted by Crippen LogP contribution is 2.46. The van der Waals surface area contributed by atoms with Gasteiger partial charge in [-0.2, -0.15) is 0 Å². The molecule has 3 heterocycles. The van der Waals surface area contributed by atoms with Crippen LogP contribution in [-0.4, -0.2) is 83.2 Å². The molecule has 54 heavy (non-hydrogen) atoms. The first-order chi connectivity index (χ1) is 25.6. The predicted molar refractivity (Wildman–Crippen MR) is 198 cm³/mol. The third-order valence-corrected chi connectivity index (χ3v) is 12.3. The lowest BCUT2D eigenvalue weighted by atomic mass is 10.0. The van der Waals surface area contributed by atoms with Gasteiger partial charge >= 0.3 is 6.09 Å². The Morgan fingerprint density at radius 1 is 1.02 bits per heavy atom. The van der Waals surface area contributed by atoms with Crippen molar-refractivity contribution < 1.29 is 41.5 Å². The van der Waals surface area contributed by atoms with Crippen LogP contribution in [-0.2, 0) is 29.1 Å². The number of nitrogens with zero attached hydrogens (tertiary/aromatic N) is 2. The fourth-order valence-electron chi connectivity index (χ4n) is 7.44. The Bertz CT molecular complexity index is 2130. The number of sulfonamides is 1. The Balaban J connectivity index is 1.22. The Morgan fingerprint density at radius 2 is 1.80 bits per heavy atom. The van der Waals surface area contributed by atoms with E-state index < -0.39 is 80.2 Å². The summed E-state index contributed by atoms with van der Waals surface area (Å²) in [7, 11) is -3.91. The zero-order valence-corrected chi connectivity index (χ0v) is 31.4. The van der Waals surface area contributed by atoms with Crippen molar-refractivity contribution in [2.75, 3.05) is 6.54 Å². The molecule has 2 aliphatic heterocycles. The summed E-state index contributed by atoms with van der Waals surface area (Å²) in [6.45, 7) is 5.05. The van der Waals surface area contributed by atoms with Crippen molar-refractivity contribution in [3.8, 4) is 5.88 Å². The number of rotatable bonds is 6. The molecule has 1 aromatic heterocycles. The molecule has 4 aliphatic rings. The standard InChI is InChI=1S/C39H46FN5O8S/c1-38(2,3)53-37(49)42-31-14-8-6-4-5-7-11-23-21-39(23,36(48)44-54(50,51)26-16-17-26)43-33(46)32-20-25(22-45(32)35(31)47)52-34-29-19-24(40)15-18-27(29)28-12-9-10-13-30(28)41-34/h7,9-13,15,18-19,23,25-26,31-32H,4-6,8,14,16-17,20-22H2,1-3H3,(H,42,49)(H,43,46)(H,44,48)/b11-7-/t23-,25-,31+,32+,39-/m1/s1. The summed E-state index contributed by atoms with van der Waals surface area (Å²) in [5.74, 6) is -2.84. The number of halogens is 1. The van der Waals surface area contributed by atoms with Crippen molar-refractivity contribution in [1.82, 2.24) is 25.2 Å². The van der Waals surface area contributed by atoms with Gasteiger partial charge in [0.25, 0.3) is 5.91 Å². The zero-order valence-electron chi connectivity index (χ0n) is 30.6. The number of alkyl carbamates (subject to hydrolysis) is 1. The van der Waals surface area contributed by atoms with Crippen LogP contribution < -0.4 is 20.1 Å². The third kappa shape index (κ3) is 8.01. The zero-order chi connectivity index (χ0) is 38.4. The first-order valence-corrected chi connectivity index (χ1v) is 20.2. The van der Waals surface area contributed by atoms with Crippen molar-refractivity contribution in [1.29, 1.82) is 0 Å². The molecule has 2 aliphatic carbocycles. The number of hydrogen-bond acceptors (Lipinski definition) is 9. The Kier molecular flexibility index (Phi) is 10.0. The molecule has 3 N–H and O–H groups in total. The Hall–Kier alpha value is -4.79. The van der Waals surface area contributed by atoms with Gasteiger partial charge in [0.15, 0.2) is 0 Å². The van der Waals surface area contributed by atoms with Crippen molar-refractivity contribution in [2.24, 2.45) is 5.92 Å². The SMILES string of the molecule is CC(C)(C)OC(=O)N[C@H]1CCCCC/C=C\[C@@H]2C[C@@]2(C(=O)NS(=O)(=O)C2CC2)NC(=O)[C@@H]2C[C@@H](Oc3nc4ccccc4c4ccc(F)cc34)CN2C1=O. The van der Waals surface area contributed by atoms with Crippen LogP contribution in [0.3, 0.4) is 0 Å². The quantitative estimate of drug-likeness (QED) is 0.236. The highest BCUT2D eigenvalue weighted by molar-refractivity contribution is 7.91. The van der Waals surface area contributed by atoms with Crippen molar-refractivity contribution >= 4 is 55.5 Å². The van der Waals surface area contributed by atoms with Crippen LogP contribution in [0.15, 0.2) is 54.6 Å². The molecule has 1 saturated heterocycles. The summed E-state index contributed by atoms with van der Waals surface area (Å²) >= 11 is 0. The molecule has 3 aromatic rings. The summed E-state index contributed by atoms with van der Waals surface area (Å²) in [5, 5.41) is 6.85. The number of nitrogens with one attached hydrogen (secondary N) is 3. The van der Waals surface area contributed by atoms with Crippen LogP contribution in [0.2, 0.25) is 0 Å². The lowest BCUT2D eigenvalue weighted by Gasteiger charge is -2.30. The fraction of sp³-hybridized carbons (Fsp3) is 0.513. The van der Waals surface area contributed by atoms with E-state index in [1.165, 1.54) is 17.0 Å². The lowest BCUT2D eigenvalue weighted by Crippen LogP contribution is -2.58. The van der Waals surface area contributed by atoms with Crippen LogP contribution in [0.5, 0.6) is 5.88 Å². The molecule has 288 valence electrons. The van der Waals surface area contributed by atoms with E-state index >= 15 is 0 Å². The van der Waals surface area contributed by atoms with E-state index in [1.807, 2.05) is 36.4 Å². The third-order valence-electron chi connectivity index (χ3n) is 10.4. The molecule has 0 bridgehead atoms. The summed E-state index contributed by atoms with van der Waals surface area (Å²) in [6, 6.07) is 9.48. The molecule has 0 radical (unpaired) electrons. The second kappa shape index (κ2) is 14.5. The largest absolute Gasteiger partial charge is 0.472 e. The van der Waals surface area contributed by atoms with E-state index in [1.54, 1.807) is 26.8 Å². The van der Waals surface area contributed by atoms with E-state index in [-0.39, 0.29) is 31.7 Å². The van der Waals surface area contributed by atoms with E-state index in [0.29, 0.717) is 42.0 Å². The van der Waals surface area contributed by atoms with Gasteiger partial charge in [0.05, 0.1) is 17.3 Å². The Morgan fingerprint density at radius 3 is 2.56 bits per heavy atom. The molecular formula is C39H46FN5O8S. The van der Waals surface area contributed by atoms with Crippen molar-refractivity contribution in [2.45, 2.75) is 113 Å². The monoisotopic (exact) mass is 763 g/mol. The number of fused-ring (bicyclic) bond motifs is 5. The van der Waals surface area contributed by atoms with Gasteiger partial charge in [-0.25, -0.2) is 22.6 Å². The normalized spacial score (nSPS) is 27.1. The number of ether oxygens (including phenoxy) is 2. The van der Waals surface area contributed by atoms with Crippen molar-refractivity contribution in [3.63, 3.8) is 0 Å². The summed E-state index contributed by atoms with van der Waals surface area (Å²) in [5.41, 5.74) is -1.76. The topological polar surface area (TPSA) is 173 Å². The molecule has 15 heteroatoms. The number of carbonyl (C=O) groups is 4. The molecule has 4 amide bonds. The van der Waals surface area contributed by atoms with Gasteiger partial charge in [0.1, 0.15) is 35.1 Å². The molecule has 0 unspecified atom stereocenters. The van der Waals surface area contributed by atoms with Gasteiger partial charge in [0, 0.05) is 23.1 Å². The molecule has 5 atom stereocenters. The highest BCUT2D eigenvalue weighted by atomic mass is 32.2. The average Bonchev–Trinajstić information content (AvgIpc) is 4.03. The van der Waals surface area contributed by atoms with Crippen LogP contribution in [0, 0.1) is 11.7 Å². The van der Waals surface area contributed by atoms with Crippen LogP contribution >= 0.6 is 0 Å². The molecular weight excluding hydrogens is 718 g/mol. The first-order valence-electron chi connectivity index (χ1n) is 18.6. The van der Waals surface area contributed by atoms with E-state index in [2.05, 4.69) is 15.4 Å². The maximum atomic E-state index is 14.6. The number of para-hydroxylation sites is 1. The smallest absolute Gasteiger partial charge is 0.408 e. The van der Waals surface area contributed by atoms with Gasteiger partial charge in [0.2, 0.25) is 27.7 Å². The highest BCUT2D eigenvalue weighted by Gasteiger charge is 2.62. The first kappa shape index (κ1) is 37.5. The fourth-order valence-corrected chi connectivity index (χ4v) is 8.81. The minimum atomic E-state index is -3.91. The number of pyridine rings is 1. The maximum absolute atomic E-state index is 14.6. The number of amides is 4. The minimum absolute atomic E-state index is 0.0272. The van der Waals surface area contributed by atoms with Crippen LogP contribution in [0.1, 0.15) is 78.6 Å². The second-order valence-electron chi connectivity index (χ2n) is 15.8. The molecule has 2 saturated carbocycles. The van der Waals surface area contributed by atoms with Crippen LogP contribution in [0.4, 0.5) is 9.18 Å². The number of benzene rings is 2. The van der Waals surface area contributed by atoms with Crippen molar-refractivity contribution in [3.05, 3.63) is 60.4 Å². The second-order valence-corrected chi connectivity index (χ2v) is 17.8. The average molecular weight is 764 g/mol. The summed E-state index contributed by atoms with van der Waals surface area (Å²) < 4.78 is 54.4. The van der Waals surface area contributed by atoms with E-state index in [9.17, 15) is 32.0 Å². The number of allylic oxidation sites excluding steroid dienone is 1. The van der Waals surface area contributed by atoms with Gasteiger partial charge in [-0.05, 0) is 82.9 Å². The molecule has 3 fully saturated rings. The van der Waals surface area contributed by atoms with E-state index in [4.69, 9.17) is 14.5 Å². The lowest BCUT2D eigenvalue weighted by molar-refractivity contribution is -0.141. The molecule has 13 nitrogen and oxygen atoms in total. The van der Waals surface area contributed by atoms with Gasteiger partial charge in [-0.15, -0.1) is 0 Å².